The summed E-state index contributed by atoms with van der Waals surface area (Å²) in [4.78, 5) is 0. The van der Waals surface area contributed by atoms with Crippen LogP contribution in [0.15, 0.2) is 6.07 Å². The molecule has 0 bridgehead atoms. The molecule has 82 valence electrons. The van der Waals surface area contributed by atoms with E-state index in [0.29, 0.717) is 5.92 Å². The molecule has 0 spiro atoms. The summed E-state index contributed by atoms with van der Waals surface area (Å²) in [7, 11) is 0. The van der Waals surface area contributed by atoms with E-state index in [1.54, 1.807) is 0 Å². The van der Waals surface area contributed by atoms with Crippen LogP contribution in [0.4, 0.5) is 5.69 Å². The van der Waals surface area contributed by atoms with Crippen molar-refractivity contribution in [3.8, 4) is 5.75 Å². The molecule has 0 atom stereocenters. The van der Waals surface area contributed by atoms with E-state index < -0.39 is 0 Å². The quantitative estimate of drug-likeness (QED) is 0.715. The van der Waals surface area contributed by atoms with Crippen molar-refractivity contribution >= 4 is 5.69 Å². The number of benzene rings is 1. The molecule has 2 rings (SSSR count). The first-order valence-corrected chi connectivity index (χ1v) is 5.66. The Morgan fingerprint density at radius 1 is 1.40 bits per heavy atom. The zero-order valence-corrected chi connectivity index (χ0v) is 9.76. The lowest BCUT2D eigenvalue weighted by Crippen LogP contribution is -2.13. The van der Waals surface area contributed by atoms with Gasteiger partial charge in [-0.25, -0.2) is 0 Å². The second-order valence-electron chi connectivity index (χ2n) is 4.59. The second kappa shape index (κ2) is 3.76. The summed E-state index contributed by atoms with van der Waals surface area (Å²) in [6, 6.07) is 2.07. The predicted octanol–water partition coefficient (Wildman–Crippen LogP) is 3.03. The van der Waals surface area contributed by atoms with E-state index >= 15 is 0 Å². The van der Waals surface area contributed by atoms with Gasteiger partial charge in [-0.05, 0) is 48.4 Å². The molecule has 1 heterocycles. The Bertz CT molecular complexity index is 383. The summed E-state index contributed by atoms with van der Waals surface area (Å²) in [5.74, 6) is 1.46. The van der Waals surface area contributed by atoms with E-state index in [4.69, 9.17) is 10.5 Å². The summed E-state index contributed by atoms with van der Waals surface area (Å²) in [5.41, 5.74) is 10.9. The van der Waals surface area contributed by atoms with Gasteiger partial charge in [-0.15, -0.1) is 0 Å². The van der Waals surface area contributed by atoms with Gasteiger partial charge in [0, 0.05) is 0 Å². The summed E-state index contributed by atoms with van der Waals surface area (Å²) >= 11 is 0. The number of ether oxygens (including phenoxy) is 1. The molecule has 0 saturated carbocycles. The third kappa shape index (κ3) is 1.69. The van der Waals surface area contributed by atoms with Gasteiger partial charge in [0.25, 0.3) is 0 Å². The predicted molar refractivity (Wildman–Crippen MR) is 63.5 cm³/mol. The Balaban J connectivity index is 2.59. The molecule has 0 radical (unpaired) electrons. The van der Waals surface area contributed by atoms with Crippen LogP contribution in [0.25, 0.3) is 0 Å². The maximum absolute atomic E-state index is 6.02. The van der Waals surface area contributed by atoms with Crippen molar-refractivity contribution in [3.05, 3.63) is 22.8 Å². The third-order valence-electron chi connectivity index (χ3n) is 3.17. The van der Waals surface area contributed by atoms with E-state index in [1.165, 1.54) is 16.7 Å². The van der Waals surface area contributed by atoms with E-state index in [0.717, 1.165) is 30.9 Å². The van der Waals surface area contributed by atoms with Crippen molar-refractivity contribution < 1.29 is 4.74 Å². The highest BCUT2D eigenvalue weighted by Gasteiger charge is 2.19. The average Bonchev–Trinajstić information content (AvgIpc) is 2.23. The lowest BCUT2D eigenvalue weighted by molar-refractivity contribution is 0.289. The SMILES string of the molecule is Cc1c(C(C)C)cc(N)c2c1CCCO2. The van der Waals surface area contributed by atoms with Gasteiger partial charge < -0.3 is 10.5 Å². The lowest BCUT2D eigenvalue weighted by Gasteiger charge is -2.24. The van der Waals surface area contributed by atoms with Crippen molar-refractivity contribution in [2.45, 2.75) is 39.5 Å². The van der Waals surface area contributed by atoms with Crippen LogP contribution in [0, 0.1) is 6.92 Å². The first-order valence-electron chi connectivity index (χ1n) is 5.66. The maximum Gasteiger partial charge on any atom is 0.145 e. The number of hydrogen-bond donors (Lipinski definition) is 1. The molecule has 2 heteroatoms. The van der Waals surface area contributed by atoms with Crippen molar-refractivity contribution in [1.29, 1.82) is 0 Å². The van der Waals surface area contributed by atoms with Gasteiger partial charge in [-0.3, -0.25) is 0 Å². The van der Waals surface area contributed by atoms with Crippen LogP contribution >= 0.6 is 0 Å². The molecule has 1 aromatic carbocycles. The molecule has 15 heavy (non-hydrogen) atoms. The standard InChI is InChI=1S/C13H19NO/c1-8(2)11-7-12(14)13-10(9(11)3)5-4-6-15-13/h7-8H,4-6,14H2,1-3H3. The molecule has 0 fully saturated rings. The molecule has 0 aromatic heterocycles. The summed E-state index contributed by atoms with van der Waals surface area (Å²) in [6.45, 7) is 7.40. The average molecular weight is 205 g/mol. The number of hydrogen-bond acceptors (Lipinski definition) is 2. The molecule has 0 saturated heterocycles. The minimum Gasteiger partial charge on any atom is -0.491 e. The lowest BCUT2D eigenvalue weighted by atomic mass is 9.90. The van der Waals surface area contributed by atoms with Gasteiger partial charge >= 0.3 is 0 Å². The van der Waals surface area contributed by atoms with Crippen molar-refractivity contribution in [2.75, 3.05) is 12.3 Å². The fourth-order valence-electron chi connectivity index (χ4n) is 2.35. The van der Waals surface area contributed by atoms with E-state index in [9.17, 15) is 0 Å². The number of rotatable bonds is 1. The second-order valence-corrected chi connectivity index (χ2v) is 4.59. The maximum atomic E-state index is 6.02. The zero-order chi connectivity index (χ0) is 11.0. The van der Waals surface area contributed by atoms with Crippen LogP contribution in [0.5, 0.6) is 5.75 Å². The van der Waals surface area contributed by atoms with Crippen LogP contribution in [-0.2, 0) is 6.42 Å². The number of fused-ring (bicyclic) bond motifs is 1. The van der Waals surface area contributed by atoms with E-state index in [-0.39, 0.29) is 0 Å². The highest BCUT2D eigenvalue weighted by atomic mass is 16.5. The van der Waals surface area contributed by atoms with Gasteiger partial charge in [-0.1, -0.05) is 13.8 Å². The smallest absolute Gasteiger partial charge is 0.145 e. The van der Waals surface area contributed by atoms with Gasteiger partial charge in [0.2, 0.25) is 0 Å². The molecule has 0 aliphatic carbocycles. The fourth-order valence-corrected chi connectivity index (χ4v) is 2.35. The highest BCUT2D eigenvalue weighted by Crippen LogP contribution is 2.37. The highest BCUT2D eigenvalue weighted by molar-refractivity contribution is 5.63. The van der Waals surface area contributed by atoms with Gasteiger partial charge in [0.1, 0.15) is 5.75 Å². The zero-order valence-electron chi connectivity index (χ0n) is 9.76. The molecular formula is C13H19NO. The largest absolute Gasteiger partial charge is 0.491 e. The minimum absolute atomic E-state index is 0.527. The monoisotopic (exact) mass is 205 g/mol. The van der Waals surface area contributed by atoms with Crippen LogP contribution < -0.4 is 10.5 Å². The van der Waals surface area contributed by atoms with Crippen LogP contribution in [0.1, 0.15) is 42.9 Å². The Morgan fingerprint density at radius 3 is 2.80 bits per heavy atom. The summed E-state index contributed by atoms with van der Waals surface area (Å²) in [5, 5.41) is 0. The van der Waals surface area contributed by atoms with Crippen LogP contribution in [0.2, 0.25) is 0 Å². The minimum atomic E-state index is 0.527. The molecule has 1 aromatic rings. The molecule has 2 nitrogen and oxygen atoms in total. The Kier molecular flexibility index (Phi) is 2.59. The molecule has 1 aliphatic rings. The summed E-state index contributed by atoms with van der Waals surface area (Å²) in [6.07, 6.45) is 2.21. The van der Waals surface area contributed by atoms with Crippen LogP contribution in [0.3, 0.4) is 0 Å². The normalized spacial score (nSPS) is 14.9. The Morgan fingerprint density at radius 2 is 2.13 bits per heavy atom. The van der Waals surface area contributed by atoms with E-state index in [2.05, 4.69) is 26.8 Å². The van der Waals surface area contributed by atoms with Gasteiger partial charge in [0.05, 0.1) is 12.3 Å². The Labute approximate surface area is 91.4 Å². The van der Waals surface area contributed by atoms with Crippen molar-refractivity contribution in [1.82, 2.24) is 0 Å². The first kappa shape index (κ1) is 10.3. The number of nitrogens with two attached hydrogens (primary N) is 1. The molecule has 0 unspecified atom stereocenters. The van der Waals surface area contributed by atoms with Crippen molar-refractivity contribution in [3.63, 3.8) is 0 Å². The topological polar surface area (TPSA) is 35.2 Å². The van der Waals surface area contributed by atoms with Crippen molar-refractivity contribution in [2.24, 2.45) is 0 Å². The Hall–Kier alpha value is -1.18. The van der Waals surface area contributed by atoms with Gasteiger partial charge in [0.15, 0.2) is 0 Å². The summed E-state index contributed by atoms with van der Waals surface area (Å²) < 4.78 is 5.64. The molecule has 0 amide bonds. The molecule has 1 aliphatic heterocycles. The number of nitrogen functional groups attached to an aromatic ring is 1. The molecule has 2 N–H and O–H groups in total. The first-order chi connectivity index (χ1) is 7.11. The van der Waals surface area contributed by atoms with E-state index in [1.807, 2.05) is 0 Å². The molecular weight excluding hydrogens is 186 g/mol. The van der Waals surface area contributed by atoms with Crippen LogP contribution in [-0.4, -0.2) is 6.61 Å². The third-order valence-corrected chi connectivity index (χ3v) is 3.17. The van der Waals surface area contributed by atoms with Gasteiger partial charge in [-0.2, -0.15) is 0 Å². The fraction of sp³-hybridized carbons (Fsp3) is 0.538. The number of anilines is 1.